The van der Waals surface area contributed by atoms with Crippen molar-refractivity contribution in [2.75, 3.05) is 19.1 Å². The first-order chi connectivity index (χ1) is 15.8. The van der Waals surface area contributed by atoms with Crippen LogP contribution in [0.4, 0.5) is 5.13 Å². The first-order valence-corrected chi connectivity index (χ1v) is 14.2. The molecule has 33 heavy (non-hydrogen) atoms. The molecule has 0 amide bonds. The van der Waals surface area contributed by atoms with Gasteiger partial charge in [-0.3, -0.25) is 0 Å². The molecular weight excluding hydrogens is 458 g/mol. The van der Waals surface area contributed by atoms with E-state index in [1.165, 1.54) is 39.2 Å². The summed E-state index contributed by atoms with van der Waals surface area (Å²) >= 11 is 1.61. The molecule has 2 aliphatic rings. The molecule has 2 aromatic rings. The summed E-state index contributed by atoms with van der Waals surface area (Å²) in [6.07, 6.45) is 8.45. The van der Waals surface area contributed by atoms with Crippen LogP contribution in [0.1, 0.15) is 63.5 Å². The van der Waals surface area contributed by atoms with E-state index in [2.05, 4.69) is 16.7 Å². The van der Waals surface area contributed by atoms with Crippen molar-refractivity contribution in [2.45, 2.75) is 87.8 Å². The molecular formula is C24H35N3O4S2. The summed E-state index contributed by atoms with van der Waals surface area (Å²) < 4.78 is 34.7. The molecule has 2 fully saturated rings. The average molecular weight is 494 g/mol. The van der Waals surface area contributed by atoms with E-state index in [0.717, 1.165) is 40.5 Å². The van der Waals surface area contributed by atoms with E-state index in [0.29, 0.717) is 18.2 Å². The molecule has 7 nitrogen and oxygen atoms in total. The molecule has 0 radical (unpaired) electrons. The van der Waals surface area contributed by atoms with E-state index in [1.54, 1.807) is 23.5 Å². The molecule has 4 rings (SSSR count). The number of rotatable bonds is 7. The van der Waals surface area contributed by atoms with E-state index in [-0.39, 0.29) is 10.9 Å². The van der Waals surface area contributed by atoms with Gasteiger partial charge in [-0.1, -0.05) is 30.6 Å². The highest BCUT2D eigenvalue weighted by atomic mass is 32.2. The Morgan fingerprint density at radius 2 is 1.91 bits per heavy atom. The van der Waals surface area contributed by atoms with Gasteiger partial charge in [0.05, 0.1) is 23.8 Å². The molecule has 0 saturated heterocycles. The van der Waals surface area contributed by atoms with Crippen LogP contribution in [0.2, 0.25) is 0 Å². The van der Waals surface area contributed by atoms with Gasteiger partial charge in [0.25, 0.3) is 0 Å². The second-order valence-electron chi connectivity index (χ2n) is 9.32. The van der Waals surface area contributed by atoms with Gasteiger partial charge in [-0.25, -0.2) is 18.1 Å². The van der Waals surface area contributed by atoms with E-state index in [9.17, 15) is 13.5 Å². The Bertz CT molecular complexity index is 1060. The Morgan fingerprint density at radius 1 is 1.15 bits per heavy atom. The lowest BCUT2D eigenvalue weighted by molar-refractivity contribution is 0.117. The lowest BCUT2D eigenvalue weighted by Gasteiger charge is -2.30. The summed E-state index contributed by atoms with van der Waals surface area (Å²) in [6, 6.07) is 5.54. The molecule has 0 spiro atoms. The van der Waals surface area contributed by atoms with Crippen molar-refractivity contribution in [3.05, 3.63) is 23.9 Å². The summed E-state index contributed by atoms with van der Waals surface area (Å²) in [5, 5.41) is 10.9. The van der Waals surface area contributed by atoms with Crippen LogP contribution in [0, 0.1) is 6.92 Å². The van der Waals surface area contributed by atoms with Crippen LogP contribution >= 0.6 is 11.3 Å². The van der Waals surface area contributed by atoms with Crippen molar-refractivity contribution < 1.29 is 18.3 Å². The number of benzene rings is 1. The number of thiazole rings is 1. The maximum Gasteiger partial charge on any atom is 0.244 e. The molecule has 2 unspecified atom stereocenters. The van der Waals surface area contributed by atoms with Gasteiger partial charge in [0, 0.05) is 19.1 Å². The number of hydrogen-bond donors (Lipinski definition) is 2. The molecule has 0 bridgehead atoms. The monoisotopic (exact) mass is 493 g/mol. The number of anilines is 1. The van der Waals surface area contributed by atoms with Crippen LogP contribution in [0.25, 0.3) is 10.4 Å². The Morgan fingerprint density at radius 3 is 2.61 bits per heavy atom. The van der Waals surface area contributed by atoms with E-state index in [1.807, 2.05) is 13.0 Å². The molecule has 1 heterocycles. The average Bonchev–Trinajstić information content (AvgIpc) is 3.20. The molecule has 2 aliphatic carbocycles. The lowest BCUT2D eigenvalue weighted by Crippen LogP contribution is -2.39. The number of methoxy groups -OCH3 is 1. The van der Waals surface area contributed by atoms with Gasteiger partial charge in [0.1, 0.15) is 10.6 Å². The Balaban J connectivity index is 1.62. The first-order valence-electron chi connectivity index (χ1n) is 11.9. The van der Waals surface area contributed by atoms with Gasteiger partial charge in [0.2, 0.25) is 10.0 Å². The van der Waals surface area contributed by atoms with E-state index in [4.69, 9.17) is 9.72 Å². The van der Waals surface area contributed by atoms with Crippen LogP contribution in [-0.2, 0) is 10.0 Å². The van der Waals surface area contributed by atoms with Crippen molar-refractivity contribution in [2.24, 2.45) is 0 Å². The number of sulfonamides is 1. The highest BCUT2D eigenvalue weighted by Crippen LogP contribution is 2.39. The van der Waals surface area contributed by atoms with Crippen molar-refractivity contribution in [3.63, 3.8) is 0 Å². The molecule has 1 aromatic heterocycles. The Labute approximate surface area is 201 Å². The fourth-order valence-electron chi connectivity index (χ4n) is 5.01. The summed E-state index contributed by atoms with van der Waals surface area (Å²) in [5.74, 6) is 0.310. The minimum Gasteiger partial charge on any atom is -0.495 e. The minimum atomic E-state index is -3.81. The number of aryl methyl sites for hydroxylation is 1. The first kappa shape index (κ1) is 24.4. The molecule has 2 saturated carbocycles. The lowest BCUT2D eigenvalue weighted by atomic mass is 9.94. The SMILES string of the molecule is COc1ccc(-c2sc(N(C)C3CCCCC3)nc2C)cc1S(=O)(=O)NC1CCCC(O)C1. The van der Waals surface area contributed by atoms with Crippen LogP contribution in [0.15, 0.2) is 23.1 Å². The van der Waals surface area contributed by atoms with Crippen molar-refractivity contribution in [1.82, 2.24) is 9.71 Å². The van der Waals surface area contributed by atoms with Gasteiger partial charge < -0.3 is 14.7 Å². The third kappa shape index (κ3) is 5.53. The molecule has 182 valence electrons. The second kappa shape index (κ2) is 10.3. The number of aliphatic hydroxyl groups excluding tert-OH is 1. The van der Waals surface area contributed by atoms with Crippen LogP contribution in [0.3, 0.4) is 0 Å². The van der Waals surface area contributed by atoms with Crippen molar-refractivity contribution in [3.8, 4) is 16.2 Å². The van der Waals surface area contributed by atoms with Crippen molar-refractivity contribution in [1.29, 1.82) is 0 Å². The summed E-state index contributed by atoms with van der Waals surface area (Å²) in [5.41, 5.74) is 1.72. The third-order valence-electron chi connectivity index (χ3n) is 6.89. The number of aromatic nitrogens is 1. The maximum absolute atomic E-state index is 13.3. The predicted molar refractivity (Wildman–Crippen MR) is 133 cm³/mol. The predicted octanol–water partition coefficient (Wildman–Crippen LogP) is 4.48. The zero-order valence-electron chi connectivity index (χ0n) is 19.7. The highest BCUT2D eigenvalue weighted by Gasteiger charge is 2.28. The van der Waals surface area contributed by atoms with Crippen LogP contribution < -0.4 is 14.4 Å². The van der Waals surface area contributed by atoms with Gasteiger partial charge in [-0.05, 0) is 69.2 Å². The topological polar surface area (TPSA) is 91.8 Å². The summed E-state index contributed by atoms with van der Waals surface area (Å²) in [4.78, 5) is 8.20. The standard InChI is InChI=1S/C24H35N3O4S2/c1-16-23(32-24(25-16)27(2)19-9-5-4-6-10-19)17-12-13-21(31-3)22(14-17)33(29,30)26-18-8-7-11-20(28)15-18/h12-14,18-20,26,28H,4-11,15H2,1-3H3. The Hall–Kier alpha value is -1.68. The number of nitrogens with one attached hydrogen (secondary N) is 1. The van der Waals surface area contributed by atoms with Crippen molar-refractivity contribution >= 4 is 26.5 Å². The normalized spacial score (nSPS) is 22.3. The third-order valence-corrected chi connectivity index (χ3v) is 9.73. The highest BCUT2D eigenvalue weighted by molar-refractivity contribution is 7.89. The molecule has 2 N–H and O–H groups in total. The van der Waals surface area contributed by atoms with E-state index < -0.39 is 16.1 Å². The smallest absolute Gasteiger partial charge is 0.244 e. The van der Waals surface area contributed by atoms with Gasteiger partial charge in [0.15, 0.2) is 5.13 Å². The van der Waals surface area contributed by atoms with Gasteiger partial charge in [-0.15, -0.1) is 0 Å². The zero-order chi connectivity index (χ0) is 23.6. The Kier molecular flexibility index (Phi) is 7.63. The maximum atomic E-state index is 13.3. The zero-order valence-corrected chi connectivity index (χ0v) is 21.3. The summed E-state index contributed by atoms with van der Waals surface area (Å²) in [7, 11) is -0.213. The number of aliphatic hydroxyl groups is 1. The number of nitrogens with zero attached hydrogens (tertiary/aromatic N) is 2. The molecule has 9 heteroatoms. The number of hydrogen-bond acceptors (Lipinski definition) is 7. The fourth-order valence-corrected chi connectivity index (χ4v) is 7.58. The minimum absolute atomic E-state index is 0.123. The van der Waals surface area contributed by atoms with Gasteiger partial charge in [-0.2, -0.15) is 0 Å². The van der Waals surface area contributed by atoms with Crippen LogP contribution in [0.5, 0.6) is 5.75 Å². The molecule has 2 atom stereocenters. The van der Waals surface area contributed by atoms with E-state index >= 15 is 0 Å². The molecule has 1 aromatic carbocycles. The summed E-state index contributed by atoms with van der Waals surface area (Å²) in [6.45, 7) is 1.98. The number of ether oxygens (including phenoxy) is 1. The molecule has 0 aliphatic heterocycles. The fraction of sp³-hybridized carbons (Fsp3) is 0.625. The second-order valence-corrected chi connectivity index (χ2v) is 12.0. The largest absolute Gasteiger partial charge is 0.495 e. The van der Waals surface area contributed by atoms with Gasteiger partial charge >= 0.3 is 0 Å². The quantitative estimate of drug-likeness (QED) is 0.591. The van der Waals surface area contributed by atoms with Crippen LogP contribution in [-0.4, -0.2) is 50.9 Å².